The van der Waals surface area contributed by atoms with Gasteiger partial charge in [-0.2, -0.15) is 5.26 Å². The summed E-state index contributed by atoms with van der Waals surface area (Å²) in [5, 5.41) is 14.5. The lowest BCUT2D eigenvalue weighted by Crippen LogP contribution is -2.12. The highest BCUT2D eigenvalue weighted by Crippen LogP contribution is 2.23. The van der Waals surface area contributed by atoms with Gasteiger partial charge in [-0.25, -0.2) is 4.98 Å². The minimum absolute atomic E-state index is 0.0963. The SMILES string of the molecule is N#Cc1cccc(NC(=O)CCc2csc(-c3cccnc3)n2)c1. The van der Waals surface area contributed by atoms with Gasteiger partial charge in [0.2, 0.25) is 5.91 Å². The Bertz CT molecular complexity index is 883. The van der Waals surface area contributed by atoms with Crippen molar-refractivity contribution in [2.24, 2.45) is 0 Å². The molecule has 0 fully saturated rings. The largest absolute Gasteiger partial charge is 0.326 e. The first-order chi connectivity index (χ1) is 11.7. The topological polar surface area (TPSA) is 78.7 Å². The number of hydrogen-bond acceptors (Lipinski definition) is 5. The smallest absolute Gasteiger partial charge is 0.224 e. The van der Waals surface area contributed by atoms with E-state index in [0.717, 1.165) is 16.3 Å². The normalized spacial score (nSPS) is 10.1. The minimum Gasteiger partial charge on any atom is -0.326 e. The van der Waals surface area contributed by atoms with Crippen molar-refractivity contribution in [3.05, 3.63) is 65.4 Å². The molecule has 0 saturated heterocycles. The Kier molecular flexibility index (Phi) is 4.94. The fraction of sp³-hybridized carbons (Fsp3) is 0.111. The number of thiazole rings is 1. The van der Waals surface area contributed by atoms with Gasteiger partial charge >= 0.3 is 0 Å². The summed E-state index contributed by atoms with van der Waals surface area (Å²) in [6.45, 7) is 0. The van der Waals surface area contributed by atoms with E-state index in [1.807, 2.05) is 17.5 Å². The molecule has 3 rings (SSSR count). The van der Waals surface area contributed by atoms with Crippen molar-refractivity contribution in [1.82, 2.24) is 9.97 Å². The molecule has 2 aromatic heterocycles. The number of pyridine rings is 1. The summed E-state index contributed by atoms with van der Waals surface area (Å²) in [6.07, 6.45) is 4.41. The molecule has 0 radical (unpaired) electrons. The summed E-state index contributed by atoms with van der Waals surface area (Å²) in [4.78, 5) is 20.7. The fourth-order valence-electron chi connectivity index (χ4n) is 2.18. The van der Waals surface area contributed by atoms with Gasteiger partial charge in [0.15, 0.2) is 0 Å². The van der Waals surface area contributed by atoms with Crippen LogP contribution >= 0.6 is 11.3 Å². The Morgan fingerprint density at radius 3 is 3.00 bits per heavy atom. The number of nitrogens with zero attached hydrogens (tertiary/aromatic N) is 3. The van der Waals surface area contributed by atoms with Crippen molar-refractivity contribution < 1.29 is 4.79 Å². The van der Waals surface area contributed by atoms with Gasteiger partial charge in [0.05, 0.1) is 17.3 Å². The van der Waals surface area contributed by atoms with E-state index in [1.54, 1.807) is 48.0 Å². The summed E-state index contributed by atoms with van der Waals surface area (Å²) in [5.41, 5.74) is 3.02. The third-order valence-electron chi connectivity index (χ3n) is 3.34. The van der Waals surface area contributed by atoms with Crippen molar-refractivity contribution in [1.29, 1.82) is 5.26 Å². The number of benzene rings is 1. The predicted molar refractivity (Wildman–Crippen MR) is 93.5 cm³/mol. The molecule has 0 bridgehead atoms. The molecule has 118 valence electrons. The molecule has 5 nitrogen and oxygen atoms in total. The van der Waals surface area contributed by atoms with Gasteiger partial charge in [0.25, 0.3) is 0 Å². The Balaban J connectivity index is 1.57. The second-order valence-corrected chi connectivity index (χ2v) is 5.98. The third kappa shape index (κ3) is 4.03. The molecule has 1 amide bonds. The maximum atomic E-state index is 12.0. The monoisotopic (exact) mass is 334 g/mol. The van der Waals surface area contributed by atoms with Crippen molar-refractivity contribution >= 4 is 22.9 Å². The van der Waals surface area contributed by atoms with Crippen LogP contribution in [0.4, 0.5) is 5.69 Å². The van der Waals surface area contributed by atoms with Crippen molar-refractivity contribution in [2.75, 3.05) is 5.32 Å². The molecule has 1 aromatic carbocycles. The van der Waals surface area contributed by atoms with Crippen LogP contribution in [0.15, 0.2) is 54.2 Å². The molecular weight excluding hydrogens is 320 g/mol. The summed E-state index contributed by atoms with van der Waals surface area (Å²) in [6, 6.07) is 12.8. The lowest BCUT2D eigenvalue weighted by molar-refractivity contribution is -0.116. The van der Waals surface area contributed by atoms with Gasteiger partial charge in [0.1, 0.15) is 5.01 Å². The number of anilines is 1. The van der Waals surface area contributed by atoms with Gasteiger partial charge in [-0.05, 0) is 36.8 Å². The Hall–Kier alpha value is -3.04. The van der Waals surface area contributed by atoms with E-state index in [9.17, 15) is 4.79 Å². The molecule has 0 aliphatic carbocycles. The third-order valence-corrected chi connectivity index (χ3v) is 4.28. The standard InChI is InChI=1S/C18H14N4OS/c19-10-13-3-1-5-15(9-13)21-17(23)7-6-16-12-24-18(22-16)14-4-2-8-20-11-14/h1-5,8-9,11-12H,6-7H2,(H,21,23). The minimum atomic E-state index is -0.0963. The number of aromatic nitrogens is 2. The van der Waals surface area contributed by atoms with E-state index in [0.29, 0.717) is 24.1 Å². The van der Waals surface area contributed by atoms with Crippen molar-refractivity contribution in [3.8, 4) is 16.6 Å². The quantitative estimate of drug-likeness (QED) is 0.772. The Labute approximate surface area is 143 Å². The zero-order chi connectivity index (χ0) is 16.8. The van der Waals surface area contributed by atoms with E-state index in [-0.39, 0.29) is 5.91 Å². The molecule has 0 saturated carbocycles. The average Bonchev–Trinajstić information content (AvgIpc) is 3.10. The number of carbonyl (C=O) groups excluding carboxylic acids is 1. The number of rotatable bonds is 5. The molecule has 2 heterocycles. The Morgan fingerprint density at radius 2 is 2.21 bits per heavy atom. The number of hydrogen-bond donors (Lipinski definition) is 1. The number of nitrogens with one attached hydrogen (secondary N) is 1. The number of amides is 1. The first-order valence-corrected chi connectivity index (χ1v) is 8.27. The summed E-state index contributed by atoms with van der Waals surface area (Å²) >= 11 is 1.54. The van der Waals surface area contributed by atoms with Crippen LogP contribution in [0.3, 0.4) is 0 Å². The molecule has 0 unspecified atom stereocenters. The molecule has 0 spiro atoms. The fourth-order valence-corrected chi connectivity index (χ4v) is 3.02. The lowest BCUT2D eigenvalue weighted by atomic mass is 10.2. The molecule has 3 aromatic rings. The summed E-state index contributed by atoms with van der Waals surface area (Å²) in [7, 11) is 0. The van der Waals surface area contributed by atoms with Gasteiger partial charge in [-0.1, -0.05) is 6.07 Å². The van der Waals surface area contributed by atoms with E-state index < -0.39 is 0 Å². The van der Waals surface area contributed by atoms with Crippen molar-refractivity contribution in [2.45, 2.75) is 12.8 Å². The average molecular weight is 334 g/mol. The zero-order valence-corrected chi connectivity index (χ0v) is 13.6. The molecule has 1 N–H and O–H groups in total. The van der Waals surface area contributed by atoms with Crippen LogP contribution < -0.4 is 5.32 Å². The maximum Gasteiger partial charge on any atom is 0.224 e. The highest BCUT2D eigenvalue weighted by Gasteiger charge is 2.08. The van der Waals surface area contributed by atoms with Crippen LogP contribution in [0, 0.1) is 11.3 Å². The maximum absolute atomic E-state index is 12.0. The summed E-state index contributed by atoms with van der Waals surface area (Å²) in [5.74, 6) is -0.0963. The van der Waals surface area contributed by atoms with E-state index >= 15 is 0 Å². The second-order valence-electron chi connectivity index (χ2n) is 5.13. The molecule has 0 atom stereocenters. The van der Waals surface area contributed by atoms with E-state index in [4.69, 9.17) is 5.26 Å². The molecular formula is C18H14N4OS. The highest BCUT2D eigenvalue weighted by molar-refractivity contribution is 7.13. The first-order valence-electron chi connectivity index (χ1n) is 7.39. The number of nitriles is 1. The molecule has 0 aliphatic heterocycles. The van der Waals surface area contributed by atoms with E-state index in [2.05, 4.69) is 21.4 Å². The van der Waals surface area contributed by atoms with Gasteiger partial charge in [-0.15, -0.1) is 11.3 Å². The predicted octanol–water partition coefficient (Wildman–Crippen LogP) is 3.65. The van der Waals surface area contributed by atoms with Crippen LogP contribution in [0.5, 0.6) is 0 Å². The zero-order valence-electron chi connectivity index (χ0n) is 12.8. The first kappa shape index (κ1) is 15.8. The molecule has 6 heteroatoms. The highest BCUT2D eigenvalue weighted by atomic mass is 32.1. The van der Waals surface area contributed by atoms with Gasteiger partial charge < -0.3 is 5.32 Å². The van der Waals surface area contributed by atoms with Crippen LogP contribution in [-0.4, -0.2) is 15.9 Å². The van der Waals surface area contributed by atoms with Crippen LogP contribution in [-0.2, 0) is 11.2 Å². The lowest BCUT2D eigenvalue weighted by Gasteiger charge is -2.04. The summed E-state index contributed by atoms with van der Waals surface area (Å²) < 4.78 is 0. The van der Waals surface area contributed by atoms with E-state index in [1.165, 1.54) is 0 Å². The molecule has 0 aliphatic rings. The van der Waals surface area contributed by atoms with Crippen LogP contribution in [0.2, 0.25) is 0 Å². The van der Waals surface area contributed by atoms with Crippen LogP contribution in [0.1, 0.15) is 17.7 Å². The van der Waals surface area contributed by atoms with Crippen molar-refractivity contribution in [3.63, 3.8) is 0 Å². The number of carbonyl (C=O) groups is 1. The Morgan fingerprint density at radius 1 is 1.29 bits per heavy atom. The van der Waals surface area contributed by atoms with Gasteiger partial charge in [-0.3, -0.25) is 9.78 Å². The van der Waals surface area contributed by atoms with Crippen LogP contribution in [0.25, 0.3) is 10.6 Å². The number of aryl methyl sites for hydroxylation is 1. The van der Waals surface area contributed by atoms with Gasteiger partial charge in [0, 0.05) is 35.4 Å². The second kappa shape index (κ2) is 7.49. The molecule has 24 heavy (non-hydrogen) atoms.